The quantitative estimate of drug-likeness (QED) is 0.561. The number of hydrogen-bond donors (Lipinski definition) is 0. The molecule has 1 atom stereocenters. The van der Waals surface area contributed by atoms with Crippen LogP contribution in [-0.4, -0.2) is 25.0 Å². The molecule has 0 radical (unpaired) electrons. The number of esters is 1. The lowest BCUT2D eigenvalue weighted by atomic mass is 10.2. The van der Waals surface area contributed by atoms with Crippen LogP contribution in [0.2, 0.25) is 0 Å². The molecule has 0 fully saturated rings. The molecule has 4 nitrogen and oxygen atoms in total. The van der Waals surface area contributed by atoms with E-state index in [-0.39, 0.29) is 0 Å². The minimum Gasteiger partial charge on any atom is -0.478 e. The van der Waals surface area contributed by atoms with Crippen molar-refractivity contribution in [1.29, 1.82) is 0 Å². The van der Waals surface area contributed by atoms with Crippen molar-refractivity contribution in [3.8, 4) is 5.75 Å². The molecule has 92 valence electrons. The average molecular weight is 236 g/mol. The zero-order chi connectivity index (χ0) is 12.7. The van der Waals surface area contributed by atoms with Crippen LogP contribution >= 0.6 is 0 Å². The van der Waals surface area contributed by atoms with E-state index in [1.807, 2.05) is 6.92 Å². The van der Waals surface area contributed by atoms with Gasteiger partial charge >= 0.3 is 5.97 Å². The zero-order valence-corrected chi connectivity index (χ0v) is 10.0. The van der Waals surface area contributed by atoms with Gasteiger partial charge in [0.25, 0.3) is 0 Å². The van der Waals surface area contributed by atoms with Crippen molar-refractivity contribution in [1.82, 2.24) is 0 Å². The van der Waals surface area contributed by atoms with E-state index in [4.69, 9.17) is 9.47 Å². The monoisotopic (exact) mass is 236 g/mol. The molecule has 1 aromatic rings. The highest BCUT2D eigenvalue weighted by atomic mass is 16.6. The molecule has 0 saturated carbocycles. The molecule has 4 heteroatoms. The summed E-state index contributed by atoms with van der Waals surface area (Å²) in [5, 5.41) is 0. The molecular weight excluding hydrogens is 220 g/mol. The van der Waals surface area contributed by atoms with Crippen molar-refractivity contribution >= 4 is 12.3 Å². The van der Waals surface area contributed by atoms with Gasteiger partial charge in [-0.2, -0.15) is 0 Å². The maximum Gasteiger partial charge on any atom is 0.347 e. The minimum absolute atomic E-state index is 0.314. The topological polar surface area (TPSA) is 52.6 Å². The number of carbonyl (C=O) groups excluding carboxylic acids is 2. The molecule has 1 rings (SSSR count). The van der Waals surface area contributed by atoms with Crippen LogP contribution in [-0.2, 0) is 9.53 Å². The van der Waals surface area contributed by atoms with Crippen LogP contribution in [0.15, 0.2) is 24.3 Å². The van der Waals surface area contributed by atoms with Crippen LogP contribution in [0.25, 0.3) is 0 Å². The maximum atomic E-state index is 11.5. The summed E-state index contributed by atoms with van der Waals surface area (Å²) in [7, 11) is 0. The third-order valence-corrected chi connectivity index (χ3v) is 2.24. The lowest BCUT2D eigenvalue weighted by Crippen LogP contribution is -2.29. The largest absolute Gasteiger partial charge is 0.478 e. The van der Waals surface area contributed by atoms with Crippen LogP contribution in [0.3, 0.4) is 0 Å². The predicted octanol–water partition coefficient (Wildman–Crippen LogP) is 2.22. The van der Waals surface area contributed by atoms with Crippen molar-refractivity contribution in [3.05, 3.63) is 29.8 Å². The van der Waals surface area contributed by atoms with Gasteiger partial charge in [0, 0.05) is 0 Å². The molecule has 0 N–H and O–H groups in total. The second kappa shape index (κ2) is 6.68. The molecule has 0 amide bonds. The summed E-state index contributed by atoms with van der Waals surface area (Å²) >= 11 is 0. The molecule has 0 aliphatic heterocycles. The van der Waals surface area contributed by atoms with E-state index < -0.39 is 12.1 Å². The van der Waals surface area contributed by atoms with E-state index in [2.05, 4.69) is 0 Å². The fourth-order valence-corrected chi connectivity index (χ4v) is 1.37. The highest BCUT2D eigenvalue weighted by Crippen LogP contribution is 2.18. The number of rotatable bonds is 6. The Hall–Kier alpha value is -1.84. The Balaban J connectivity index is 2.80. The van der Waals surface area contributed by atoms with Crippen molar-refractivity contribution in [2.45, 2.75) is 26.4 Å². The Morgan fingerprint density at radius 1 is 1.35 bits per heavy atom. The van der Waals surface area contributed by atoms with Crippen LogP contribution in [0, 0.1) is 0 Å². The van der Waals surface area contributed by atoms with Crippen LogP contribution in [0.4, 0.5) is 0 Å². The summed E-state index contributed by atoms with van der Waals surface area (Å²) in [6, 6.07) is 6.79. The SMILES string of the molecule is CCOC(=O)[C@@H](CC)Oc1ccccc1C=O. The number of ether oxygens (including phenoxy) is 2. The number of benzene rings is 1. The molecule has 0 aliphatic rings. The Morgan fingerprint density at radius 3 is 2.65 bits per heavy atom. The van der Waals surface area contributed by atoms with E-state index in [0.29, 0.717) is 30.6 Å². The first-order chi connectivity index (χ1) is 8.22. The molecule has 0 aromatic heterocycles. The highest BCUT2D eigenvalue weighted by Gasteiger charge is 2.20. The lowest BCUT2D eigenvalue weighted by molar-refractivity contribution is -0.151. The number of para-hydroxylation sites is 1. The molecule has 17 heavy (non-hydrogen) atoms. The van der Waals surface area contributed by atoms with Crippen molar-refractivity contribution in [2.24, 2.45) is 0 Å². The van der Waals surface area contributed by atoms with Gasteiger partial charge in [0.1, 0.15) is 5.75 Å². The van der Waals surface area contributed by atoms with E-state index in [1.54, 1.807) is 31.2 Å². The highest BCUT2D eigenvalue weighted by molar-refractivity contribution is 5.80. The first-order valence-electron chi connectivity index (χ1n) is 5.60. The van der Waals surface area contributed by atoms with E-state index in [1.165, 1.54) is 0 Å². The second-order valence-electron chi connectivity index (χ2n) is 3.42. The van der Waals surface area contributed by atoms with Gasteiger partial charge in [-0.15, -0.1) is 0 Å². The molecular formula is C13H16O4. The maximum absolute atomic E-state index is 11.5. The van der Waals surface area contributed by atoms with Gasteiger partial charge in [-0.3, -0.25) is 4.79 Å². The summed E-state index contributed by atoms with van der Waals surface area (Å²) < 4.78 is 10.4. The van der Waals surface area contributed by atoms with Crippen LogP contribution < -0.4 is 4.74 Å². The predicted molar refractivity (Wildman–Crippen MR) is 63.2 cm³/mol. The summed E-state index contributed by atoms with van der Waals surface area (Å²) in [6.07, 6.45) is 0.523. The smallest absolute Gasteiger partial charge is 0.347 e. The third-order valence-electron chi connectivity index (χ3n) is 2.24. The normalized spacial score (nSPS) is 11.6. The van der Waals surface area contributed by atoms with Crippen LogP contribution in [0.1, 0.15) is 30.6 Å². The first kappa shape index (κ1) is 13.2. The first-order valence-corrected chi connectivity index (χ1v) is 5.60. The number of aldehydes is 1. The molecule has 0 saturated heterocycles. The second-order valence-corrected chi connectivity index (χ2v) is 3.42. The minimum atomic E-state index is -0.670. The van der Waals surface area contributed by atoms with E-state index >= 15 is 0 Å². The van der Waals surface area contributed by atoms with Gasteiger partial charge in [-0.1, -0.05) is 19.1 Å². The average Bonchev–Trinajstić information content (AvgIpc) is 2.36. The zero-order valence-electron chi connectivity index (χ0n) is 10.0. The van der Waals surface area contributed by atoms with Crippen molar-refractivity contribution < 1.29 is 19.1 Å². The Bertz CT molecular complexity index is 387. The van der Waals surface area contributed by atoms with Crippen molar-refractivity contribution in [2.75, 3.05) is 6.61 Å². The Kier molecular flexibility index (Phi) is 5.20. The third kappa shape index (κ3) is 3.59. The summed E-state index contributed by atoms with van der Waals surface area (Å²) in [6.45, 7) is 3.88. The van der Waals surface area contributed by atoms with Gasteiger partial charge < -0.3 is 9.47 Å². The van der Waals surface area contributed by atoms with E-state index in [9.17, 15) is 9.59 Å². The van der Waals surface area contributed by atoms with Gasteiger partial charge in [0.05, 0.1) is 12.2 Å². The number of hydrogen-bond acceptors (Lipinski definition) is 4. The van der Waals surface area contributed by atoms with Crippen molar-refractivity contribution in [3.63, 3.8) is 0 Å². The summed E-state index contributed by atoms with van der Waals surface area (Å²) in [5.74, 6) is -0.00175. The standard InChI is InChI=1S/C13H16O4/c1-3-11(13(15)16-4-2)17-12-8-6-5-7-10(12)9-14/h5-9,11H,3-4H2,1-2H3/t11-/m1/s1. The molecule has 0 aliphatic carbocycles. The molecule has 0 heterocycles. The Morgan fingerprint density at radius 2 is 2.06 bits per heavy atom. The number of carbonyl (C=O) groups is 2. The fourth-order valence-electron chi connectivity index (χ4n) is 1.37. The van der Waals surface area contributed by atoms with Gasteiger partial charge in [0.15, 0.2) is 12.4 Å². The molecule has 0 spiro atoms. The van der Waals surface area contributed by atoms with Gasteiger partial charge in [-0.25, -0.2) is 4.79 Å². The molecule has 1 aromatic carbocycles. The van der Waals surface area contributed by atoms with Gasteiger partial charge in [0.2, 0.25) is 0 Å². The van der Waals surface area contributed by atoms with Gasteiger partial charge in [-0.05, 0) is 25.5 Å². The summed E-state index contributed by atoms with van der Waals surface area (Å²) in [5.41, 5.74) is 0.426. The molecule has 0 unspecified atom stereocenters. The fraction of sp³-hybridized carbons (Fsp3) is 0.385. The van der Waals surface area contributed by atoms with E-state index in [0.717, 1.165) is 0 Å². The van der Waals surface area contributed by atoms with Crippen LogP contribution in [0.5, 0.6) is 5.75 Å². The Labute approximate surface area is 101 Å². The lowest BCUT2D eigenvalue weighted by Gasteiger charge is -2.16. The molecule has 0 bridgehead atoms. The summed E-state index contributed by atoms with van der Waals surface area (Å²) in [4.78, 5) is 22.3.